The standard InChI is InChI=1S/C18H18O2S/c1-13-5-2-3-8-18(13)21-12-17(19)14-6-4-7-16(11-14)20-15-9-10-15/h2-8,11,15H,9-10,12H2,1H3. The quantitative estimate of drug-likeness (QED) is 0.580. The third-order valence-corrected chi connectivity index (χ3v) is 4.61. The van der Waals surface area contributed by atoms with E-state index in [2.05, 4.69) is 19.1 Å². The summed E-state index contributed by atoms with van der Waals surface area (Å²) >= 11 is 1.59. The van der Waals surface area contributed by atoms with E-state index < -0.39 is 0 Å². The molecule has 21 heavy (non-hydrogen) atoms. The Labute approximate surface area is 129 Å². The van der Waals surface area contributed by atoms with Crippen LogP contribution in [0.25, 0.3) is 0 Å². The second-order valence-electron chi connectivity index (χ2n) is 5.32. The molecule has 2 nitrogen and oxygen atoms in total. The smallest absolute Gasteiger partial charge is 0.173 e. The minimum absolute atomic E-state index is 0.143. The molecular formula is C18H18O2S. The number of Topliss-reactive ketones (excluding diaryl/α,β-unsaturated/α-hetero) is 1. The molecule has 0 amide bonds. The minimum atomic E-state index is 0.143. The first kappa shape index (κ1) is 14.2. The molecule has 0 aliphatic heterocycles. The highest BCUT2D eigenvalue weighted by Gasteiger charge is 2.23. The maximum Gasteiger partial charge on any atom is 0.173 e. The predicted molar refractivity (Wildman–Crippen MR) is 86.3 cm³/mol. The van der Waals surface area contributed by atoms with E-state index in [0.29, 0.717) is 11.9 Å². The van der Waals surface area contributed by atoms with Gasteiger partial charge in [-0.25, -0.2) is 0 Å². The number of aryl methyl sites for hydroxylation is 1. The van der Waals surface area contributed by atoms with Crippen LogP contribution >= 0.6 is 11.8 Å². The summed E-state index contributed by atoms with van der Waals surface area (Å²) in [4.78, 5) is 13.5. The topological polar surface area (TPSA) is 26.3 Å². The normalized spacial score (nSPS) is 14.0. The zero-order chi connectivity index (χ0) is 14.7. The van der Waals surface area contributed by atoms with E-state index in [1.165, 1.54) is 5.56 Å². The van der Waals surface area contributed by atoms with Crippen molar-refractivity contribution in [3.05, 3.63) is 59.7 Å². The molecule has 108 valence electrons. The Kier molecular flexibility index (Phi) is 4.30. The van der Waals surface area contributed by atoms with Crippen LogP contribution in [0.15, 0.2) is 53.4 Å². The second kappa shape index (κ2) is 6.35. The first-order chi connectivity index (χ1) is 10.2. The van der Waals surface area contributed by atoms with Crippen molar-refractivity contribution in [1.82, 2.24) is 0 Å². The van der Waals surface area contributed by atoms with Crippen LogP contribution in [0.3, 0.4) is 0 Å². The van der Waals surface area contributed by atoms with Crippen molar-refractivity contribution in [2.24, 2.45) is 0 Å². The molecule has 0 radical (unpaired) electrons. The molecule has 1 aliphatic rings. The molecule has 0 saturated heterocycles. The summed E-state index contributed by atoms with van der Waals surface area (Å²) in [5.41, 5.74) is 1.94. The summed E-state index contributed by atoms with van der Waals surface area (Å²) in [6.07, 6.45) is 2.61. The Hall–Kier alpha value is -1.74. The fourth-order valence-electron chi connectivity index (χ4n) is 2.07. The van der Waals surface area contributed by atoms with Crippen LogP contribution in [-0.2, 0) is 0 Å². The molecule has 0 heterocycles. The number of hydrogen-bond donors (Lipinski definition) is 0. The minimum Gasteiger partial charge on any atom is -0.490 e. The maximum atomic E-state index is 12.3. The van der Waals surface area contributed by atoms with Crippen LogP contribution in [-0.4, -0.2) is 17.6 Å². The summed E-state index contributed by atoms with van der Waals surface area (Å²) in [5, 5.41) is 0. The molecule has 1 aliphatic carbocycles. The van der Waals surface area contributed by atoms with E-state index in [1.807, 2.05) is 36.4 Å². The molecule has 1 saturated carbocycles. The average Bonchev–Trinajstić information content (AvgIpc) is 3.30. The Morgan fingerprint density at radius 2 is 2.00 bits per heavy atom. The predicted octanol–water partition coefficient (Wildman–Crippen LogP) is 4.51. The van der Waals surface area contributed by atoms with E-state index in [-0.39, 0.29) is 5.78 Å². The fraction of sp³-hybridized carbons (Fsp3) is 0.278. The lowest BCUT2D eigenvalue weighted by Crippen LogP contribution is -2.04. The summed E-state index contributed by atoms with van der Waals surface area (Å²) in [5.74, 6) is 1.41. The molecule has 2 aromatic carbocycles. The number of rotatable bonds is 6. The number of ether oxygens (including phenoxy) is 1. The van der Waals surface area contributed by atoms with E-state index in [0.717, 1.165) is 29.1 Å². The highest BCUT2D eigenvalue weighted by Crippen LogP contribution is 2.28. The number of carbonyl (C=O) groups excluding carboxylic acids is 1. The van der Waals surface area contributed by atoms with Gasteiger partial charge in [0.1, 0.15) is 5.75 Å². The van der Waals surface area contributed by atoms with E-state index in [1.54, 1.807) is 11.8 Å². The monoisotopic (exact) mass is 298 g/mol. The molecule has 0 spiro atoms. The lowest BCUT2D eigenvalue weighted by Gasteiger charge is -2.07. The fourth-order valence-corrected chi connectivity index (χ4v) is 2.99. The zero-order valence-corrected chi connectivity index (χ0v) is 12.9. The molecule has 0 N–H and O–H groups in total. The van der Waals surface area contributed by atoms with Gasteiger partial charge >= 0.3 is 0 Å². The van der Waals surface area contributed by atoms with Crippen molar-refractivity contribution in [2.75, 3.05) is 5.75 Å². The number of thioether (sulfide) groups is 1. The van der Waals surface area contributed by atoms with Gasteiger partial charge in [-0.3, -0.25) is 4.79 Å². The van der Waals surface area contributed by atoms with Gasteiger partial charge in [0.05, 0.1) is 11.9 Å². The van der Waals surface area contributed by atoms with Gasteiger partial charge in [-0.15, -0.1) is 11.8 Å². The Morgan fingerprint density at radius 1 is 1.19 bits per heavy atom. The van der Waals surface area contributed by atoms with Crippen molar-refractivity contribution in [3.63, 3.8) is 0 Å². The average molecular weight is 298 g/mol. The molecule has 0 aromatic heterocycles. The van der Waals surface area contributed by atoms with Gasteiger partial charge in [-0.2, -0.15) is 0 Å². The van der Waals surface area contributed by atoms with Crippen molar-refractivity contribution < 1.29 is 9.53 Å². The van der Waals surface area contributed by atoms with Crippen molar-refractivity contribution in [3.8, 4) is 5.75 Å². The maximum absolute atomic E-state index is 12.3. The Morgan fingerprint density at radius 3 is 2.76 bits per heavy atom. The molecular weight excluding hydrogens is 280 g/mol. The Balaban J connectivity index is 1.63. The number of hydrogen-bond acceptors (Lipinski definition) is 3. The summed E-state index contributed by atoms with van der Waals surface area (Å²) in [6.45, 7) is 2.07. The molecule has 0 atom stereocenters. The summed E-state index contributed by atoms with van der Waals surface area (Å²) in [7, 11) is 0. The molecule has 3 rings (SSSR count). The van der Waals surface area contributed by atoms with E-state index >= 15 is 0 Å². The lowest BCUT2D eigenvalue weighted by atomic mass is 10.1. The largest absolute Gasteiger partial charge is 0.490 e. The van der Waals surface area contributed by atoms with Crippen LogP contribution in [0.5, 0.6) is 5.75 Å². The van der Waals surface area contributed by atoms with Crippen LogP contribution in [0.2, 0.25) is 0 Å². The van der Waals surface area contributed by atoms with Crippen LogP contribution in [0.1, 0.15) is 28.8 Å². The summed E-state index contributed by atoms with van der Waals surface area (Å²) < 4.78 is 5.74. The molecule has 0 bridgehead atoms. The first-order valence-corrected chi connectivity index (χ1v) is 8.19. The van der Waals surface area contributed by atoms with Crippen molar-refractivity contribution >= 4 is 17.5 Å². The third-order valence-electron chi connectivity index (χ3n) is 3.44. The summed E-state index contributed by atoms with van der Waals surface area (Å²) in [6, 6.07) is 15.7. The number of benzene rings is 2. The highest BCUT2D eigenvalue weighted by atomic mass is 32.2. The number of ketones is 1. The van der Waals surface area contributed by atoms with Crippen LogP contribution in [0, 0.1) is 6.92 Å². The van der Waals surface area contributed by atoms with E-state index in [9.17, 15) is 4.79 Å². The molecule has 1 fully saturated rings. The second-order valence-corrected chi connectivity index (χ2v) is 6.34. The lowest BCUT2D eigenvalue weighted by molar-refractivity contribution is 0.102. The van der Waals surface area contributed by atoms with Crippen molar-refractivity contribution in [2.45, 2.75) is 30.8 Å². The SMILES string of the molecule is Cc1ccccc1SCC(=O)c1cccc(OC2CC2)c1. The van der Waals surface area contributed by atoms with Gasteiger partial charge in [-0.05, 0) is 43.5 Å². The number of carbonyl (C=O) groups is 1. The highest BCUT2D eigenvalue weighted by molar-refractivity contribution is 8.00. The van der Waals surface area contributed by atoms with Gasteiger partial charge in [0, 0.05) is 10.5 Å². The molecule has 2 aromatic rings. The van der Waals surface area contributed by atoms with Gasteiger partial charge < -0.3 is 4.74 Å². The third kappa shape index (κ3) is 3.88. The molecule has 0 unspecified atom stereocenters. The van der Waals surface area contributed by atoms with Gasteiger partial charge in [0.15, 0.2) is 5.78 Å². The van der Waals surface area contributed by atoms with Gasteiger partial charge in [0.25, 0.3) is 0 Å². The van der Waals surface area contributed by atoms with Crippen LogP contribution < -0.4 is 4.74 Å². The van der Waals surface area contributed by atoms with Gasteiger partial charge in [-0.1, -0.05) is 30.3 Å². The van der Waals surface area contributed by atoms with Gasteiger partial charge in [0.2, 0.25) is 0 Å². The first-order valence-electron chi connectivity index (χ1n) is 7.21. The molecule has 3 heteroatoms. The Bertz CT molecular complexity index is 647. The van der Waals surface area contributed by atoms with Crippen LogP contribution in [0.4, 0.5) is 0 Å². The zero-order valence-electron chi connectivity index (χ0n) is 12.0. The van der Waals surface area contributed by atoms with E-state index in [4.69, 9.17) is 4.74 Å². The van der Waals surface area contributed by atoms with Crippen molar-refractivity contribution in [1.29, 1.82) is 0 Å².